The first-order chi connectivity index (χ1) is 10.1. The Balaban J connectivity index is 1.93. The molecule has 1 heterocycles. The van der Waals surface area contributed by atoms with E-state index in [9.17, 15) is 0 Å². The van der Waals surface area contributed by atoms with Crippen molar-refractivity contribution in [2.75, 3.05) is 20.5 Å². The van der Waals surface area contributed by atoms with Crippen LogP contribution in [0.1, 0.15) is 19.4 Å². The van der Waals surface area contributed by atoms with Gasteiger partial charge in [-0.15, -0.1) is 0 Å². The number of ether oxygens (including phenoxy) is 3. The number of rotatable bonds is 5. The molecule has 1 aliphatic heterocycles. The second-order valence-electron chi connectivity index (χ2n) is 4.71. The van der Waals surface area contributed by atoms with Gasteiger partial charge in [0.05, 0.1) is 12.3 Å². The number of methoxy groups -OCH3 is 1. The second-order valence-corrected chi connectivity index (χ2v) is 5.12. The first-order valence-electron chi connectivity index (χ1n) is 6.60. The standard InChI is InChI=1S/C14H19N3O3S/c1-9(7-18-3)15-14(21)17-16-10(2)11-4-5-12-13(6-11)20-8-19-12/h4-6,9H,7-8H2,1-3H3,(H2,15,17,21)/b16-10-/t9-/m1/s1. The molecule has 0 bridgehead atoms. The number of hydrazone groups is 1. The Morgan fingerprint density at radius 3 is 2.95 bits per heavy atom. The van der Waals surface area contributed by atoms with Gasteiger partial charge in [0.25, 0.3) is 0 Å². The molecule has 0 unspecified atom stereocenters. The lowest BCUT2D eigenvalue weighted by Crippen LogP contribution is -2.40. The lowest BCUT2D eigenvalue weighted by atomic mass is 10.1. The van der Waals surface area contributed by atoms with Crippen LogP contribution >= 0.6 is 12.2 Å². The van der Waals surface area contributed by atoms with Crippen molar-refractivity contribution in [3.8, 4) is 11.5 Å². The van der Waals surface area contributed by atoms with Gasteiger partial charge in [0.1, 0.15) is 0 Å². The Hall–Kier alpha value is -1.86. The van der Waals surface area contributed by atoms with Gasteiger partial charge < -0.3 is 19.5 Å². The van der Waals surface area contributed by atoms with Gasteiger partial charge in [-0.05, 0) is 44.3 Å². The van der Waals surface area contributed by atoms with Gasteiger partial charge in [-0.3, -0.25) is 5.43 Å². The topological polar surface area (TPSA) is 64.1 Å². The number of nitrogens with zero attached hydrogens (tertiary/aromatic N) is 1. The van der Waals surface area contributed by atoms with Crippen LogP contribution in [0.5, 0.6) is 11.5 Å². The summed E-state index contributed by atoms with van der Waals surface area (Å²) in [4.78, 5) is 0. The number of fused-ring (bicyclic) bond motifs is 1. The highest BCUT2D eigenvalue weighted by molar-refractivity contribution is 7.80. The molecule has 7 heteroatoms. The molecule has 21 heavy (non-hydrogen) atoms. The van der Waals surface area contributed by atoms with E-state index in [1.54, 1.807) is 7.11 Å². The number of thiocarbonyl (C=S) groups is 1. The maximum Gasteiger partial charge on any atom is 0.231 e. The molecule has 6 nitrogen and oxygen atoms in total. The van der Waals surface area contributed by atoms with Crippen LogP contribution in [0.3, 0.4) is 0 Å². The molecule has 0 spiro atoms. The van der Waals surface area contributed by atoms with E-state index in [0.717, 1.165) is 22.8 Å². The largest absolute Gasteiger partial charge is 0.454 e. The molecule has 0 aromatic heterocycles. The fourth-order valence-electron chi connectivity index (χ4n) is 1.87. The van der Waals surface area contributed by atoms with Crippen LogP contribution in [-0.2, 0) is 4.74 Å². The summed E-state index contributed by atoms with van der Waals surface area (Å²) in [6.45, 7) is 4.71. The van der Waals surface area contributed by atoms with Crippen molar-refractivity contribution in [3.05, 3.63) is 23.8 Å². The van der Waals surface area contributed by atoms with E-state index in [1.807, 2.05) is 32.0 Å². The summed E-state index contributed by atoms with van der Waals surface area (Å²) in [7, 11) is 1.65. The Morgan fingerprint density at radius 1 is 1.43 bits per heavy atom. The summed E-state index contributed by atoms with van der Waals surface area (Å²) < 4.78 is 15.7. The summed E-state index contributed by atoms with van der Waals surface area (Å²) in [6.07, 6.45) is 0. The van der Waals surface area contributed by atoms with Gasteiger partial charge in [0.15, 0.2) is 16.6 Å². The predicted octanol–water partition coefficient (Wildman–Crippen LogP) is 1.64. The van der Waals surface area contributed by atoms with Crippen LogP contribution < -0.4 is 20.2 Å². The highest BCUT2D eigenvalue weighted by atomic mass is 32.1. The van der Waals surface area contributed by atoms with E-state index in [-0.39, 0.29) is 12.8 Å². The molecule has 1 aromatic rings. The molecule has 2 rings (SSSR count). The molecule has 2 N–H and O–H groups in total. The predicted molar refractivity (Wildman–Crippen MR) is 85.0 cm³/mol. The molecule has 1 aromatic carbocycles. The van der Waals surface area contributed by atoms with E-state index >= 15 is 0 Å². The summed E-state index contributed by atoms with van der Waals surface area (Å²) in [5.74, 6) is 1.49. The fourth-order valence-corrected chi connectivity index (χ4v) is 2.12. The molecular formula is C14H19N3O3S. The Kier molecular flexibility index (Phi) is 5.35. The summed E-state index contributed by atoms with van der Waals surface area (Å²) in [5.41, 5.74) is 4.57. The van der Waals surface area contributed by atoms with E-state index in [1.165, 1.54) is 0 Å². The fraction of sp³-hybridized carbons (Fsp3) is 0.429. The smallest absolute Gasteiger partial charge is 0.231 e. The Morgan fingerprint density at radius 2 is 2.19 bits per heavy atom. The van der Waals surface area contributed by atoms with Crippen molar-refractivity contribution < 1.29 is 14.2 Å². The molecule has 0 amide bonds. The third kappa shape index (κ3) is 4.30. The monoisotopic (exact) mass is 309 g/mol. The highest BCUT2D eigenvalue weighted by Gasteiger charge is 2.14. The molecule has 1 aliphatic rings. The SMILES string of the molecule is COC[C@@H](C)NC(=S)N/N=C(/C)c1ccc2c(c1)OCO2. The summed E-state index contributed by atoms with van der Waals surface area (Å²) >= 11 is 5.16. The van der Waals surface area contributed by atoms with Crippen LogP contribution in [0.4, 0.5) is 0 Å². The zero-order valence-electron chi connectivity index (χ0n) is 12.3. The van der Waals surface area contributed by atoms with Crippen molar-refractivity contribution in [1.29, 1.82) is 0 Å². The number of hydrogen-bond donors (Lipinski definition) is 2. The van der Waals surface area contributed by atoms with Crippen LogP contribution in [-0.4, -0.2) is 37.4 Å². The normalized spacial score (nSPS) is 14.7. The maximum absolute atomic E-state index is 5.34. The average molecular weight is 309 g/mol. The van der Waals surface area contributed by atoms with Crippen molar-refractivity contribution >= 4 is 23.0 Å². The molecule has 0 radical (unpaired) electrons. The first kappa shape index (κ1) is 15.5. The molecule has 0 saturated carbocycles. The molecule has 1 atom stereocenters. The van der Waals surface area contributed by atoms with Crippen molar-refractivity contribution in [2.24, 2.45) is 5.10 Å². The lowest BCUT2D eigenvalue weighted by Gasteiger charge is -2.14. The first-order valence-corrected chi connectivity index (χ1v) is 7.00. The van der Waals surface area contributed by atoms with Crippen molar-refractivity contribution in [1.82, 2.24) is 10.7 Å². The minimum Gasteiger partial charge on any atom is -0.454 e. The Bertz CT molecular complexity index is 548. The number of hydrogen-bond acceptors (Lipinski definition) is 5. The second kappa shape index (κ2) is 7.24. The lowest BCUT2D eigenvalue weighted by molar-refractivity contribution is 0.174. The quantitative estimate of drug-likeness (QED) is 0.490. The van der Waals surface area contributed by atoms with Gasteiger partial charge in [0, 0.05) is 18.7 Å². The molecule has 0 fully saturated rings. The van der Waals surface area contributed by atoms with Crippen molar-refractivity contribution in [3.63, 3.8) is 0 Å². The summed E-state index contributed by atoms with van der Waals surface area (Å²) in [6, 6.07) is 5.81. The van der Waals surface area contributed by atoms with E-state index in [2.05, 4.69) is 15.8 Å². The minimum atomic E-state index is 0.121. The third-order valence-corrected chi connectivity index (χ3v) is 3.12. The van der Waals surface area contributed by atoms with Crippen LogP contribution in [0.25, 0.3) is 0 Å². The molecule has 0 saturated heterocycles. The van der Waals surface area contributed by atoms with Gasteiger partial charge in [-0.2, -0.15) is 5.10 Å². The zero-order chi connectivity index (χ0) is 15.2. The van der Waals surface area contributed by atoms with Crippen molar-refractivity contribution in [2.45, 2.75) is 19.9 Å². The van der Waals surface area contributed by atoms with Gasteiger partial charge in [-0.1, -0.05) is 0 Å². The van der Waals surface area contributed by atoms with E-state index < -0.39 is 0 Å². The molecule has 114 valence electrons. The number of benzene rings is 1. The van der Waals surface area contributed by atoms with E-state index in [4.69, 9.17) is 26.4 Å². The average Bonchev–Trinajstić information content (AvgIpc) is 2.92. The highest BCUT2D eigenvalue weighted by Crippen LogP contribution is 2.32. The Labute approximate surface area is 129 Å². The third-order valence-electron chi connectivity index (χ3n) is 2.91. The van der Waals surface area contributed by atoms with Gasteiger partial charge in [0.2, 0.25) is 6.79 Å². The van der Waals surface area contributed by atoms with Gasteiger partial charge >= 0.3 is 0 Å². The van der Waals surface area contributed by atoms with Crippen LogP contribution in [0.15, 0.2) is 23.3 Å². The van der Waals surface area contributed by atoms with Gasteiger partial charge in [-0.25, -0.2) is 0 Å². The van der Waals surface area contributed by atoms with Crippen LogP contribution in [0, 0.1) is 0 Å². The molecular weight excluding hydrogens is 290 g/mol. The molecule has 0 aliphatic carbocycles. The summed E-state index contributed by atoms with van der Waals surface area (Å²) in [5, 5.41) is 7.79. The zero-order valence-corrected chi connectivity index (χ0v) is 13.1. The maximum atomic E-state index is 5.34. The van der Waals surface area contributed by atoms with E-state index in [0.29, 0.717) is 11.7 Å². The van der Waals surface area contributed by atoms with Crippen LogP contribution in [0.2, 0.25) is 0 Å². The minimum absolute atomic E-state index is 0.121. The number of nitrogens with one attached hydrogen (secondary N) is 2.